The summed E-state index contributed by atoms with van der Waals surface area (Å²) in [5.74, 6) is -0.336. The number of carbonyl (C=O) groups excluding carboxylic acids is 1. The van der Waals surface area contributed by atoms with E-state index in [1.165, 1.54) is 20.5 Å². The number of fused-ring (bicyclic) bond motifs is 3. The normalized spacial score (nSPS) is 16.0. The van der Waals surface area contributed by atoms with Crippen molar-refractivity contribution in [1.82, 2.24) is 14.1 Å². The Labute approximate surface area is 193 Å². The molecule has 1 saturated heterocycles. The van der Waals surface area contributed by atoms with E-state index in [2.05, 4.69) is 10.3 Å². The van der Waals surface area contributed by atoms with Gasteiger partial charge in [0, 0.05) is 23.9 Å². The lowest BCUT2D eigenvalue weighted by atomic mass is 10.1. The third kappa shape index (κ3) is 4.09. The van der Waals surface area contributed by atoms with Gasteiger partial charge in [0.25, 0.3) is 5.56 Å². The molecule has 0 unspecified atom stereocenters. The van der Waals surface area contributed by atoms with E-state index in [0.29, 0.717) is 32.7 Å². The molecule has 33 heavy (non-hydrogen) atoms. The number of ether oxygens (including phenoxy) is 1. The van der Waals surface area contributed by atoms with E-state index >= 15 is 0 Å². The van der Waals surface area contributed by atoms with Crippen LogP contribution in [0.5, 0.6) is 0 Å². The number of aromatic nitrogens is 3. The third-order valence-corrected chi connectivity index (χ3v) is 7.03. The zero-order valence-corrected chi connectivity index (χ0v) is 19.1. The van der Waals surface area contributed by atoms with Crippen molar-refractivity contribution in [1.29, 1.82) is 0 Å². The van der Waals surface area contributed by atoms with E-state index in [0.717, 1.165) is 24.8 Å². The van der Waals surface area contributed by atoms with Crippen LogP contribution in [0.15, 0.2) is 52.2 Å². The number of thiophene rings is 1. The van der Waals surface area contributed by atoms with Crippen LogP contribution in [-0.2, 0) is 29.0 Å². The largest absolute Gasteiger partial charge is 0.376 e. The minimum absolute atomic E-state index is 0.176. The van der Waals surface area contributed by atoms with Crippen LogP contribution in [0.4, 0.5) is 5.69 Å². The summed E-state index contributed by atoms with van der Waals surface area (Å²) in [6.07, 6.45) is 4.03. The van der Waals surface area contributed by atoms with Crippen molar-refractivity contribution >= 4 is 43.4 Å². The molecule has 8 nitrogen and oxygen atoms in total. The van der Waals surface area contributed by atoms with Crippen LogP contribution in [0.3, 0.4) is 0 Å². The second kappa shape index (κ2) is 8.92. The van der Waals surface area contributed by atoms with E-state index < -0.39 is 5.69 Å². The fourth-order valence-electron chi connectivity index (χ4n) is 4.30. The van der Waals surface area contributed by atoms with Crippen LogP contribution < -0.4 is 16.6 Å². The molecule has 1 aliphatic heterocycles. The molecule has 1 aromatic carbocycles. The Bertz CT molecular complexity index is 1460. The molecule has 5 rings (SSSR count). The van der Waals surface area contributed by atoms with Crippen LogP contribution in [0.25, 0.3) is 20.4 Å². The molecule has 0 radical (unpaired) electrons. The van der Waals surface area contributed by atoms with Gasteiger partial charge in [-0.25, -0.2) is 9.78 Å². The average Bonchev–Trinajstić information content (AvgIpc) is 3.47. The van der Waals surface area contributed by atoms with E-state index in [9.17, 15) is 14.4 Å². The number of benzene rings is 1. The molecule has 1 aliphatic rings. The van der Waals surface area contributed by atoms with Gasteiger partial charge in [-0.15, -0.1) is 11.3 Å². The molecule has 0 bridgehead atoms. The van der Waals surface area contributed by atoms with Gasteiger partial charge in [-0.3, -0.25) is 18.7 Å². The fraction of sp³-hybridized carbons (Fsp3) is 0.333. The summed E-state index contributed by atoms with van der Waals surface area (Å²) >= 11 is 1.24. The second-order valence-corrected chi connectivity index (χ2v) is 9.16. The second-order valence-electron chi connectivity index (χ2n) is 8.16. The van der Waals surface area contributed by atoms with Crippen LogP contribution >= 0.6 is 11.3 Å². The Morgan fingerprint density at radius 1 is 1.24 bits per heavy atom. The van der Waals surface area contributed by atoms with Gasteiger partial charge in [0.2, 0.25) is 5.91 Å². The van der Waals surface area contributed by atoms with E-state index in [-0.39, 0.29) is 30.7 Å². The van der Waals surface area contributed by atoms with Gasteiger partial charge >= 0.3 is 5.69 Å². The standard InChI is InChI=1S/C24H24N4O4S/c1-2-15-6-3-7-16(12-15)26-19(29)14-27-20-18-9-4-10-25-22(18)33-21(20)23(30)28(24(27)31)13-17-8-5-11-32-17/h3-4,6-7,9-10,12,17H,2,5,8,11,13-14H2,1H3,(H,26,29)/t17-/m0/s1. The lowest BCUT2D eigenvalue weighted by Crippen LogP contribution is -2.43. The quantitative estimate of drug-likeness (QED) is 0.473. The predicted octanol–water partition coefficient (Wildman–Crippen LogP) is 3.15. The molecule has 0 spiro atoms. The van der Waals surface area contributed by atoms with Crippen molar-refractivity contribution in [3.63, 3.8) is 0 Å². The van der Waals surface area contributed by atoms with Crippen molar-refractivity contribution in [3.8, 4) is 0 Å². The number of anilines is 1. The molecule has 3 aromatic heterocycles. The maximum Gasteiger partial charge on any atom is 0.332 e. The lowest BCUT2D eigenvalue weighted by Gasteiger charge is -2.15. The highest BCUT2D eigenvalue weighted by Crippen LogP contribution is 2.29. The molecule has 170 valence electrons. The average molecular weight is 465 g/mol. The van der Waals surface area contributed by atoms with Gasteiger partial charge in [0.1, 0.15) is 16.1 Å². The van der Waals surface area contributed by atoms with Gasteiger partial charge in [-0.1, -0.05) is 19.1 Å². The Morgan fingerprint density at radius 3 is 2.91 bits per heavy atom. The molecule has 0 saturated carbocycles. The first-order chi connectivity index (χ1) is 16.0. The van der Waals surface area contributed by atoms with Crippen LogP contribution in [0, 0.1) is 0 Å². The van der Waals surface area contributed by atoms with Crippen molar-refractivity contribution in [2.75, 3.05) is 11.9 Å². The zero-order valence-electron chi connectivity index (χ0n) is 18.2. The fourth-order valence-corrected chi connectivity index (χ4v) is 5.39. The van der Waals surface area contributed by atoms with Gasteiger partial charge in [0.15, 0.2) is 0 Å². The lowest BCUT2D eigenvalue weighted by molar-refractivity contribution is -0.116. The molecule has 1 fully saturated rings. The number of amides is 1. The van der Waals surface area contributed by atoms with Crippen LogP contribution in [0.2, 0.25) is 0 Å². The Kier molecular flexibility index (Phi) is 5.82. The number of pyridine rings is 1. The Morgan fingerprint density at radius 2 is 2.12 bits per heavy atom. The summed E-state index contributed by atoms with van der Waals surface area (Å²) < 4.78 is 8.68. The van der Waals surface area contributed by atoms with E-state index in [4.69, 9.17) is 4.74 Å². The number of hydrogen-bond acceptors (Lipinski definition) is 6. The van der Waals surface area contributed by atoms with Gasteiger partial charge < -0.3 is 10.1 Å². The van der Waals surface area contributed by atoms with Gasteiger partial charge in [-0.05, 0) is 49.1 Å². The number of nitrogens with one attached hydrogen (secondary N) is 1. The van der Waals surface area contributed by atoms with Gasteiger partial charge in [-0.2, -0.15) is 0 Å². The van der Waals surface area contributed by atoms with Crippen LogP contribution in [0.1, 0.15) is 25.3 Å². The highest BCUT2D eigenvalue weighted by atomic mass is 32.1. The number of aryl methyl sites for hydroxylation is 1. The monoisotopic (exact) mass is 464 g/mol. The highest BCUT2D eigenvalue weighted by molar-refractivity contribution is 7.25. The highest BCUT2D eigenvalue weighted by Gasteiger charge is 2.24. The predicted molar refractivity (Wildman–Crippen MR) is 129 cm³/mol. The number of carbonyl (C=O) groups is 1. The summed E-state index contributed by atoms with van der Waals surface area (Å²) in [6, 6.07) is 11.2. The van der Waals surface area contributed by atoms with Gasteiger partial charge in [0.05, 0.1) is 18.2 Å². The Hall–Kier alpha value is -3.30. The summed E-state index contributed by atoms with van der Waals surface area (Å²) in [5.41, 5.74) is 1.37. The molecule has 1 atom stereocenters. The molecule has 0 aliphatic carbocycles. The molecule has 9 heteroatoms. The molecule has 1 N–H and O–H groups in total. The minimum atomic E-state index is -0.510. The summed E-state index contributed by atoms with van der Waals surface area (Å²) in [7, 11) is 0. The summed E-state index contributed by atoms with van der Waals surface area (Å²) in [6.45, 7) is 2.64. The first-order valence-electron chi connectivity index (χ1n) is 11.1. The van der Waals surface area contributed by atoms with E-state index in [1.807, 2.05) is 37.3 Å². The maximum atomic E-state index is 13.5. The molecule has 4 heterocycles. The smallest absolute Gasteiger partial charge is 0.332 e. The number of rotatable bonds is 6. The SMILES string of the molecule is CCc1cccc(NC(=O)Cn2c(=O)n(C[C@@H]3CCCO3)c(=O)c3sc4ncccc4c32)c1. The number of hydrogen-bond donors (Lipinski definition) is 1. The first kappa shape index (κ1) is 21.5. The topological polar surface area (TPSA) is 95.2 Å². The maximum absolute atomic E-state index is 13.5. The molecular weight excluding hydrogens is 440 g/mol. The summed E-state index contributed by atoms with van der Waals surface area (Å²) in [5, 5.41) is 3.57. The van der Waals surface area contributed by atoms with Crippen LogP contribution in [-0.4, -0.2) is 32.7 Å². The Balaban J connectivity index is 1.60. The van der Waals surface area contributed by atoms with Crippen molar-refractivity contribution < 1.29 is 9.53 Å². The zero-order chi connectivity index (χ0) is 22.9. The molecule has 1 amide bonds. The summed E-state index contributed by atoms with van der Waals surface area (Å²) in [4.78, 5) is 44.8. The minimum Gasteiger partial charge on any atom is -0.376 e. The third-order valence-electron chi connectivity index (χ3n) is 5.94. The first-order valence-corrected chi connectivity index (χ1v) is 11.9. The van der Waals surface area contributed by atoms with E-state index in [1.54, 1.807) is 12.3 Å². The number of nitrogens with zero attached hydrogens (tertiary/aromatic N) is 3. The molecule has 4 aromatic rings. The van der Waals surface area contributed by atoms with Crippen molar-refractivity contribution in [3.05, 3.63) is 69.0 Å². The van der Waals surface area contributed by atoms with Crippen molar-refractivity contribution in [2.45, 2.75) is 45.4 Å². The van der Waals surface area contributed by atoms with Crippen molar-refractivity contribution in [2.24, 2.45) is 0 Å². The molecular formula is C24H24N4O4S.